The number of anilines is 1. The normalized spacial score (nSPS) is 13.2. The molecule has 3 aromatic rings. The fourth-order valence-electron chi connectivity index (χ4n) is 2.02. The van der Waals surface area contributed by atoms with Crippen molar-refractivity contribution in [3.63, 3.8) is 0 Å². The van der Waals surface area contributed by atoms with Gasteiger partial charge in [-0.05, 0) is 24.3 Å². The summed E-state index contributed by atoms with van der Waals surface area (Å²) < 4.78 is 42.9. The van der Waals surface area contributed by atoms with Gasteiger partial charge in [0.25, 0.3) is 0 Å². The first-order valence-corrected chi connectivity index (χ1v) is 6.94. The van der Waals surface area contributed by atoms with Crippen molar-refractivity contribution in [2.24, 2.45) is 0 Å². The van der Waals surface area contributed by atoms with Crippen molar-refractivity contribution in [3.8, 4) is 0 Å². The highest BCUT2D eigenvalue weighted by atomic mass is 19.4. The van der Waals surface area contributed by atoms with Crippen LogP contribution in [-0.4, -0.2) is 21.7 Å². The number of oxazole rings is 1. The number of nitrogens with one attached hydrogen (secondary N) is 1. The molecule has 0 amide bonds. The minimum absolute atomic E-state index is 0.0773. The second-order valence-corrected chi connectivity index (χ2v) is 5.10. The van der Waals surface area contributed by atoms with E-state index in [-0.39, 0.29) is 11.7 Å². The van der Waals surface area contributed by atoms with Crippen LogP contribution in [-0.2, 0) is 6.18 Å². The number of para-hydroxylation sites is 2. The SMILES string of the molecule is CC(CNc1ccc(C(F)(F)F)nn1)c1nc2ccccc2o1. The Morgan fingerprint density at radius 2 is 1.91 bits per heavy atom. The lowest BCUT2D eigenvalue weighted by Crippen LogP contribution is -2.13. The lowest BCUT2D eigenvalue weighted by atomic mass is 10.2. The van der Waals surface area contributed by atoms with Crippen LogP contribution < -0.4 is 5.32 Å². The molecule has 23 heavy (non-hydrogen) atoms. The van der Waals surface area contributed by atoms with E-state index < -0.39 is 11.9 Å². The molecule has 8 heteroatoms. The van der Waals surface area contributed by atoms with Crippen molar-refractivity contribution in [2.45, 2.75) is 19.0 Å². The van der Waals surface area contributed by atoms with Crippen molar-refractivity contribution in [2.75, 3.05) is 11.9 Å². The van der Waals surface area contributed by atoms with E-state index >= 15 is 0 Å². The van der Waals surface area contributed by atoms with Gasteiger partial charge in [-0.15, -0.1) is 10.2 Å². The summed E-state index contributed by atoms with van der Waals surface area (Å²) in [5.74, 6) is 0.742. The minimum Gasteiger partial charge on any atom is -0.440 e. The van der Waals surface area contributed by atoms with Crippen LogP contribution in [0.4, 0.5) is 19.0 Å². The number of hydrogen-bond acceptors (Lipinski definition) is 5. The molecule has 120 valence electrons. The van der Waals surface area contributed by atoms with Crippen LogP contribution in [0.25, 0.3) is 11.1 Å². The van der Waals surface area contributed by atoms with Crippen molar-refractivity contribution in [3.05, 3.63) is 48.0 Å². The highest BCUT2D eigenvalue weighted by molar-refractivity contribution is 5.72. The number of alkyl halides is 3. The van der Waals surface area contributed by atoms with E-state index in [0.29, 0.717) is 18.0 Å². The van der Waals surface area contributed by atoms with E-state index in [2.05, 4.69) is 20.5 Å². The Labute approximate surface area is 129 Å². The van der Waals surface area contributed by atoms with Crippen molar-refractivity contribution in [1.82, 2.24) is 15.2 Å². The molecule has 1 aromatic carbocycles. The molecule has 0 aliphatic heterocycles. The average molecular weight is 322 g/mol. The van der Waals surface area contributed by atoms with Crippen LogP contribution in [0, 0.1) is 0 Å². The van der Waals surface area contributed by atoms with Gasteiger partial charge in [0, 0.05) is 6.54 Å². The molecule has 0 spiro atoms. The van der Waals surface area contributed by atoms with Crippen LogP contribution >= 0.6 is 0 Å². The molecule has 0 radical (unpaired) electrons. The average Bonchev–Trinajstić information content (AvgIpc) is 2.96. The quantitative estimate of drug-likeness (QED) is 0.790. The maximum atomic E-state index is 12.4. The second kappa shape index (κ2) is 5.86. The number of benzene rings is 1. The zero-order valence-corrected chi connectivity index (χ0v) is 12.1. The van der Waals surface area contributed by atoms with Gasteiger partial charge in [-0.25, -0.2) is 4.98 Å². The number of nitrogens with zero attached hydrogens (tertiary/aromatic N) is 3. The molecule has 1 unspecified atom stereocenters. The van der Waals surface area contributed by atoms with E-state index in [0.717, 1.165) is 11.6 Å². The summed E-state index contributed by atoms with van der Waals surface area (Å²) in [6.07, 6.45) is -4.49. The third kappa shape index (κ3) is 3.41. The standard InChI is InChI=1S/C15H13F3N4O/c1-9(14-20-10-4-2-3-5-11(10)23-14)8-19-13-7-6-12(21-22-13)15(16,17)18/h2-7,9H,8H2,1H3,(H,19,22). The molecular formula is C15H13F3N4O. The fourth-order valence-corrected chi connectivity index (χ4v) is 2.02. The van der Waals surface area contributed by atoms with Crippen molar-refractivity contribution >= 4 is 16.9 Å². The molecule has 2 heterocycles. The maximum Gasteiger partial charge on any atom is 0.435 e. The smallest absolute Gasteiger partial charge is 0.435 e. The predicted molar refractivity (Wildman–Crippen MR) is 77.9 cm³/mol. The van der Waals surface area contributed by atoms with Gasteiger partial charge >= 0.3 is 6.18 Å². The monoisotopic (exact) mass is 322 g/mol. The van der Waals surface area contributed by atoms with Crippen molar-refractivity contribution < 1.29 is 17.6 Å². The Morgan fingerprint density at radius 3 is 2.57 bits per heavy atom. The Kier molecular flexibility index (Phi) is 3.89. The summed E-state index contributed by atoms with van der Waals surface area (Å²) in [6, 6.07) is 9.54. The maximum absolute atomic E-state index is 12.4. The highest BCUT2D eigenvalue weighted by Crippen LogP contribution is 2.27. The van der Waals surface area contributed by atoms with Gasteiger partial charge in [-0.3, -0.25) is 0 Å². The minimum atomic E-state index is -4.49. The third-order valence-corrected chi connectivity index (χ3v) is 3.28. The summed E-state index contributed by atoms with van der Waals surface area (Å²) in [4.78, 5) is 4.38. The zero-order chi connectivity index (χ0) is 16.4. The number of halogens is 3. The fraction of sp³-hybridized carbons (Fsp3) is 0.267. The van der Waals surface area contributed by atoms with Gasteiger partial charge < -0.3 is 9.73 Å². The summed E-state index contributed by atoms with van der Waals surface area (Å²) in [7, 11) is 0. The van der Waals surface area contributed by atoms with Crippen LogP contribution in [0.2, 0.25) is 0 Å². The van der Waals surface area contributed by atoms with Crippen LogP contribution in [0.1, 0.15) is 24.4 Å². The van der Waals surface area contributed by atoms with E-state index in [1.54, 1.807) is 0 Å². The number of aromatic nitrogens is 3. The number of rotatable bonds is 4. The zero-order valence-electron chi connectivity index (χ0n) is 12.1. The lowest BCUT2D eigenvalue weighted by molar-refractivity contribution is -0.141. The second-order valence-electron chi connectivity index (χ2n) is 5.10. The lowest BCUT2D eigenvalue weighted by Gasteiger charge is -2.10. The van der Waals surface area contributed by atoms with E-state index in [9.17, 15) is 13.2 Å². The first-order chi connectivity index (χ1) is 10.9. The van der Waals surface area contributed by atoms with Crippen LogP contribution in [0.5, 0.6) is 0 Å². The molecule has 0 saturated carbocycles. The van der Waals surface area contributed by atoms with Gasteiger partial charge in [0.2, 0.25) is 0 Å². The molecule has 0 aliphatic carbocycles. The third-order valence-electron chi connectivity index (χ3n) is 3.28. The van der Waals surface area contributed by atoms with Crippen molar-refractivity contribution in [1.29, 1.82) is 0 Å². The first-order valence-electron chi connectivity index (χ1n) is 6.94. The van der Waals surface area contributed by atoms with Gasteiger partial charge in [0.1, 0.15) is 11.3 Å². The molecule has 1 N–H and O–H groups in total. The number of hydrogen-bond donors (Lipinski definition) is 1. The van der Waals surface area contributed by atoms with E-state index in [1.165, 1.54) is 6.07 Å². The Balaban J connectivity index is 1.65. The molecular weight excluding hydrogens is 309 g/mol. The van der Waals surface area contributed by atoms with Crippen LogP contribution in [0.3, 0.4) is 0 Å². The molecule has 2 aromatic heterocycles. The number of fused-ring (bicyclic) bond motifs is 1. The van der Waals surface area contributed by atoms with Gasteiger partial charge in [-0.2, -0.15) is 13.2 Å². The molecule has 0 aliphatic rings. The molecule has 5 nitrogen and oxygen atoms in total. The topological polar surface area (TPSA) is 63.8 Å². The molecule has 0 bridgehead atoms. The van der Waals surface area contributed by atoms with E-state index in [1.807, 2.05) is 31.2 Å². The van der Waals surface area contributed by atoms with Gasteiger partial charge in [0.05, 0.1) is 5.92 Å². The molecule has 0 fully saturated rings. The summed E-state index contributed by atoms with van der Waals surface area (Å²) in [5.41, 5.74) is 0.447. The summed E-state index contributed by atoms with van der Waals surface area (Å²) in [5, 5.41) is 9.61. The predicted octanol–water partition coefficient (Wildman–Crippen LogP) is 3.85. The first kappa shape index (κ1) is 15.3. The molecule has 0 saturated heterocycles. The highest BCUT2D eigenvalue weighted by Gasteiger charge is 2.32. The Morgan fingerprint density at radius 1 is 1.13 bits per heavy atom. The Bertz CT molecular complexity index is 765. The van der Waals surface area contributed by atoms with Gasteiger partial charge in [-0.1, -0.05) is 19.1 Å². The summed E-state index contributed by atoms with van der Waals surface area (Å²) in [6.45, 7) is 2.31. The van der Waals surface area contributed by atoms with Crippen LogP contribution in [0.15, 0.2) is 40.8 Å². The van der Waals surface area contributed by atoms with E-state index in [4.69, 9.17) is 4.42 Å². The summed E-state index contributed by atoms with van der Waals surface area (Å²) >= 11 is 0. The molecule has 3 rings (SSSR count). The van der Waals surface area contributed by atoms with Gasteiger partial charge in [0.15, 0.2) is 17.2 Å². The molecule has 1 atom stereocenters. The Hall–Kier alpha value is -2.64. The largest absolute Gasteiger partial charge is 0.440 e.